The van der Waals surface area contributed by atoms with E-state index < -0.39 is 0 Å². The summed E-state index contributed by atoms with van der Waals surface area (Å²) in [5.74, 6) is 0.493. The van der Waals surface area contributed by atoms with Gasteiger partial charge < -0.3 is 10.6 Å². The molecule has 20 heavy (non-hydrogen) atoms. The highest BCUT2D eigenvalue weighted by molar-refractivity contribution is 5.97. The van der Waals surface area contributed by atoms with Crippen LogP contribution in [0.4, 0.5) is 5.69 Å². The average molecular weight is 278 g/mol. The Labute approximate surface area is 120 Å². The summed E-state index contributed by atoms with van der Waals surface area (Å²) in [5, 5.41) is 7.04. The van der Waals surface area contributed by atoms with Crippen molar-refractivity contribution in [1.82, 2.24) is 15.1 Å². The molecule has 0 radical (unpaired) electrons. The minimum atomic E-state index is -0.0557. The third-order valence-electron chi connectivity index (χ3n) is 4.47. The Morgan fingerprint density at radius 2 is 2.15 bits per heavy atom. The lowest BCUT2D eigenvalue weighted by Gasteiger charge is -2.36. The van der Waals surface area contributed by atoms with Crippen molar-refractivity contribution in [3.63, 3.8) is 0 Å². The van der Waals surface area contributed by atoms with E-state index in [0.29, 0.717) is 23.3 Å². The first-order valence-electron chi connectivity index (χ1n) is 7.66. The van der Waals surface area contributed by atoms with Gasteiger partial charge in [0, 0.05) is 13.1 Å². The van der Waals surface area contributed by atoms with E-state index in [9.17, 15) is 4.79 Å². The minimum absolute atomic E-state index is 0.0557. The van der Waals surface area contributed by atoms with Gasteiger partial charge in [0.25, 0.3) is 5.91 Å². The number of hydrogen-bond acceptors (Lipinski definition) is 3. The maximum atomic E-state index is 12.6. The lowest BCUT2D eigenvalue weighted by atomic mass is 9.85. The molecule has 1 fully saturated rings. The van der Waals surface area contributed by atoms with Gasteiger partial charge in [-0.25, -0.2) is 0 Å². The highest BCUT2D eigenvalue weighted by atomic mass is 16.2. The molecular formula is C15H26N4O. The van der Waals surface area contributed by atoms with Gasteiger partial charge in [0.1, 0.15) is 0 Å². The second kappa shape index (κ2) is 6.29. The van der Waals surface area contributed by atoms with Crippen LogP contribution in [0.25, 0.3) is 0 Å². The Bertz CT molecular complexity index is 468. The quantitative estimate of drug-likeness (QED) is 0.889. The number of amides is 1. The molecule has 0 aliphatic heterocycles. The van der Waals surface area contributed by atoms with Crippen molar-refractivity contribution in [1.29, 1.82) is 0 Å². The van der Waals surface area contributed by atoms with Crippen molar-refractivity contribution >= 4 is 11.6 Å². The molecule has 2 unspecified atom stereocenters. The maximum absolute atomic E-state index is 12.6. The molecule has 0 aromatic carbocycles. The number of carbonyl (C=O) groups is 1. The van der Waals surface area contributed by atoms with Gasteiger partial charge in [-0.3, -0.25) is 9.89 Å². The number of aromatic amines is 1. The van der Waals surface area contributed by atoms with Gasteiger partial charge in [-0.2, -0.15) is 5.10 Å². The van der Waals surface area contributed by atoms with E-state index in [4.69, 9.17) is 5.73 Å². The number of rotatable bonds is 4. The topological polar surface area (TPSA) is 75.0 Å². The van der Waals surface area contributed by atoms with E-state index in [-0.39, 0.29) is 5.91 Å². The third-order valence-corrected chi connectivity index (χ3v) is 4.47. The first-order chi connectivity index (χ1) is 9.56. The van der Waals surface area contributed by atoms with E-state index in [1.165, 1.54) is 19.3 Å². The molecule has 1 aliphatic carbocycles. The second-order valence-electron chi connectivity index (χ2n) is 5.96. The number of anilines is 1. The number of hydrogen-bond donors (Lipinski definition) is 2. The molecular weight excluding hydrogens is 252 g/mol. The van der Waals surface area contributed by atoms with Gasteiger partial charge in [0.05, 0.1) is 11.4 Å². The predicted molar refractivity (Wildman–Crippen MR) is 80.5 cm³/mol. The summed E-state index contributed by atoms with van der Waals surface area (Å²) in [6.07, 6.45) is 6.55. The molecule has 2 rings (SSSR count). The predicted octanol–water partition coefficient (Wildman–Crippen LogP) is 2.60. The molecule has 5 heteroatoms. The molecule has 1 aromatic heterocycles. The largest absolute Gasteiger partial charge is 0.395 e. The smallest absolute Gasteiger partial charge is 0.276 e. The average Bonchev–Trinajstić information content (AvgIpc) is 2.80. The number of nitrogens with one attached hydrogen (secondary N) is 1. The number of nitrogens with zero attached hydrogens (tertiary/aromatic N) is 2. The Hall–Kier alpha value is -1.52. The number of aryl methyl sites for hydroxylation is 1. The molecule has 1 saturated carbocycles. The van der Waals surface area contributed by atoms with Crippen molar-refractivity contribution in [2.45, 2.75) is 58.4 Å². The van der Waals surface area contributed by atoms with Gasteiger partial charge in [-0.15, -0.1) is 0 Å². The van der Waals surface area contributed by atoms with E-state index in [1.54, 1.807) is 0 Å². The fourth-order valence-corrected chi connectivity index (χ4v) is 3.18. The zero-order valence-electron chi connectivity index (χ0n) is 12.8. The first-order valence-corrected chi connectivity index (χ1v) is 7.66. The monoisotopic (exact) mass is 278 g/mol. The number of aromatic nitrogens is 2. The molecule has 0 saturated heterocycles. The Morgan fingerprint density at radius 3 is 2.80 bits per heavy atom. The molecule has 1 aromatic rings. The van der Waals surface area contributed by atoms with Crippen LogP contribution in [0.1, 0.15) is 62.1 Å². The highest BCUT2D eigenvalue weighted by Crippen LogP contribution is 2.29. The second-order valence-corrected chi connectivity index (χ2v) is 5.96. The maximum Gasteiger partial charge on any atom is 0.276 e. The van der Waals surface area contributed by atoms with E-state index in [0.717, 1.165) is 25.0 Å². The molecule has 1 amide bonds. The summed E-state index contributed by atoms with van der Waals surface area (Å²) in [4.78, 5) is 14.4. The summed E-state index contributed by atoms with van der Waals surface area (Å²) in [6, 6.07) is 0.307. The first kappa shape index (κ1) is 14.9. The fraction of sp³-hybridized carbons (Fsp3) is 0.733. The standard InChI is InChI=1S/C15H26N4O/c1-4-7-11-13(16)14(18-17-11)15(20)19(3)12-9-6-5-8-10(12)2/h10,12H,4-9,16H2,1-3H3,(H,17,18). The van der Waals surface area contributed by atoms with Gasteiger partial charge in [-0.1, -0.05) is 33.1 Å². The van der Waals surface area contributed by atoms with Gasteiger partial charge >= 0.3 is 0 Å². The van der Waals surface area contributed by atoms with Crippen LogP contribution in [0.3, 0.4) is 0 Å². The molecule has 5 nitrogen and oxygen atoms in total. The third kappa shape index (κ3) is 2.81. The summed E-state index contributed by atoms with van der Waals surface area (Å²) >= 11 is 0. The lowest BCUT2D eigenvalue weighted by Crippen LogP contribution is -2.43. The van der Waals surface area contributed by atoms with Gasteiger partial charge in [-0.05, 0) is 25.2 Å². The van der Waals surface area contributed by atoms with Crippen LogP contribution >= 0.6 is 0 Å². The molecule has 3 N–H and O–H groups in total. The van der Waals surface area contributed by atoms with Crippen molar-refractivity contribution in [2.75, 3.05) is 12.8 Å². The summed E-state index contributed by atoms with van der Waals surface area (Å²) < 4.78 is 0. The van der Waals surface area contributed by atoms with Crippen LogP contribution in [0, 0.1) is 5.92 Å². The number of nitrogen functional groups attached to an aromatic ring is 1. The SMILES string of the molecule is CCCc1[nH]nc(C(=O)N(C)C2CCCCC2C)c1N. The molecule has 112 valence electrons. The molecule has 0 spiro atoms. The minimum Gasteiger partial charge on any atom is -0.395 e. The van der Waals surface area contributed by atoms with Crippen molar-refractivity contribution in [3.05, 3.63) is 11.4 Å². The zero-order chi connectivity index (χ0) is 14.7. The number of nitrogens with two attached hydrogens (primary N) is 1. The summed E-state index contributed by atoms with van der Waals surface area (Å²) in [6.45, 7) is 4.31. The van der Waals surface area contributed by atoms with E-state index >= 15 is 0 Å². The summed E-state index contributed by atoms with van der Waals surface area (Å²) in [5.41, 5.74) is 7.83. The van der Waals surface area contributed by atoms with Crippen LogP contribution in [-0.2, 0) is 6.42 Å². The van der Waals surface area contributed by atoms with Crippen LogP contribution in [-0.4, -0.2) is 34.1 Å². The molecule has 2 atom stereocenters. The Kier molecular flexibility index (Phi) is 4.68. The van der Waals surface area contributed by atoms with Crippen LogP contribution < -0.4 is 5.73 Å². The summed E-state index contributed by atoms with van der Waals surface area (Å²) in [7, 11) is 1.88. The lowest BCUT2D eigenvalue weighted by molar-refractivity contribution is 0.0624. The molecule has 0 bridgehead atoms. The Balaban J connectivity index is 2.13. The van der Waals surface area contributed by atoms with Gasteiger partial charge in [0.2, 0.25) is 0 Å². The zero-order valence-corrected chi connectivity index (χ0v) is 12.8. The highest BCUT2D eigenvalue weighted by Gasteiger charge is 2.30. The van der Waals surface area contributed by atoms with Crippen molar-refractivity contribution in [2.24, 2.45) is 5.92 Å². The van der Waals surface area contributed by atoms with Crippen LogP contribution in [0.5, 0.6) is 0 Å². The molecule has 1 heterocycles. The number of carbonyl (C=O) groups excluding carboxylic acids is 1. The Morgan fingerprint density at radius 1 is 1.45 bits per heavy atom. The van der Waals surface area contributed by atoms with E-state index in [2.05, 4.69) is 24.0 Å². The van der Waals surface area contributed by atoms with Crippen LogP contribution in [0.2, 0.25) is 0 Å². The normalized spacial score (nSPS) is 22.8. The van der Waals surface area contributed by atoms with Gasteiger partial charge in [0.15, 0.2) is 5.69 Å². The van der Waals surface area contributed by atoms with Crippen molar-refractivity contribution in [3.8, 4) is 0 Å². The fourth-order valence-electron chi connectivity index (χ4n) is 3.18. The van der Waals surface area contributed by atoms with Crippen LogP contribution in [0.15, 0.2) is 0 Å². The molecule has 1 aliphatic rings. The van der Waals surface area contributed by atoms with Crippen molar-refractivity contribution < 1.29 is 4.79 Å². The van der Waals surface area contributed by atoms with E-state index in [1.807, 2.05) is 11.9 Å². The number of H-pyrrole nitrogens is 1.